The van der Waals surface area contributed by atoms with Gasteiger partial charge in [-0.1, -0.05) is 19.8 Å². The lowest BCUT2D eigenvalue weighted by Crippen LogP contribution is -2.33. The molecule has 0 amide bonds. The first-order valence-electron chi connectivity index (χ1n) is 6.31. The van der Waals surface area contributed by atoms with Crippen molar-refractivity contribution in [2.75, 3.05) is 6.54 Å². The molecule has 84 valence electrons. The maximum absolute atomic E-state index is 11.3. The molecule has 0 aromatic rings. The van der Waals surface area contributed by atoms with Crippen LogP contribution in [-0.4, -0.2) is 23.3 Å². The number of allylic oxidation sites excluding steroid dienone is 2. The molecule has 1 saturated heterocycles. The lowest BCUT2D eigenvalue weighted by molar-refractivity contribution is -0.114. The van der Waals surface area contributed by atoms with Crippen LogP contribution in [0.5, 0.6) is 0 Å². The summed E-state index contributed by atoms with van der Waals surface area (Å²) in [6, 6.07) is 0.685. The van der Waals surface area contributed by atoms with E-state index in [1.54, 1.807) is 0 Å². The lowest BCUT2D eigenvalue weighted by Gasteiger charge is -2.32. The van der Waals surface area contributed by atoms with Gasteiger partial charge in [-0.3, -0.25) is 4.79 Å². The summed E-state index contributed by atoms with van der Waals surface area (Å²) in [4.78, 5) is 13.8. The molecule has 1 heterocycles. The van der Waals surface area contributed by atoms with Crippen molar-refractivity contribution in [2.24, 2.45) is 0 Å². The fourth-order valence-electron chi connectivity index (χ4n) is 2.79. The Hall–Kier alpha value is -0.790. The van der Waals surface area contributed by atoms with Crippen LogP contribution in [0.15, 0.2) is 11.8 Å². The summed E-state index contributed by atoms with van der Waals surface area (Å²) < 4.78 is 0. The molecule has 1 unspecified atom stereocenters. The third-order valence-electron chi connectivity index (χ3n) is 3.67. The van der Waals surface area contributed by atoms with E-state index < -0.39 is 0 Å². The molecular formula is C13H21NO. The van der Waals surface area contributed by atoms with E-state index in [9.17, 15) is 4.79 Å². The molecule has 2 nitrogen and oxygen atoms in total. The highest BCUT2D eigenvalue weighted by Gasteiger charge is 2.24. The van der Waals surface area contributed by atoms with Crippen LogP contribution in [0.1, 0.15) is 51.9 Å². The summed E-state index contributed by atoms with van der Waals surface area (Å²) in [7, 11) is 0. The molecule has 0 bridgehead atoms. The molecule has 1 aliphatic heterocycles. The summed E-state index contributed by atoms with van der Waals surface area (Å²) in [6.45, 7) is 3.43. The normalized spacial score (nSPS) is 27.8. The lowest BCUT2D eigenvalue weighted by atomic mass is 10.1. The third-order valence-corrected chi connectivity index (χ3v) is 3.67. The number of hydrogen-bond donors (Lipinski definition) is 0. The zero-order chi connectivity index (χ0) is 10.7. The number of carbonyl (C=O) groups excluding carboxylic acids is 1. The average molecular weight is 207 g/mol. The Labute approximate surface area is 92.3 Å². The standard InChI is InChI=1S/C13H21NO/c1-2-11-6-4-3-5-9-14(11)12-7-8-13(15)10-12/h10-11H,2-9H2,1H3. The van der Waals surface area contributed by atoms with Gasteiger partial charge in [-0.2, -0.15) is 0 Å². The molecule has 1 fully saturated rings. The molecule has 2 heteroatoms. The van der Waals surface area contributed by atoms with E-state index >= 15 is 0 Å². The molecule has 1 aliphatic carbocycles. The second-order valence-corrected chi connectivity index (χ2v) is 4.71. The van der Waals surface area contributed by atoms with Gasteiger partial charge in [0.15, 0.2) is 5.78 Å². The Balaban J connectivity index is 2.09. The third kappa shape index (κ3) is 2.42. The van der Waals surface area contributed by atoms with Crippen molar-refractivity contribution in [3.05, 3.63) is 11.8 Å². The molecule has 0 saturated carbocycles. The van der Waals surface area contributed by atoms with Crippen molar-refractivity contribution in [2.45, 2.75) is 57.9 Å². The molecular weight excluding hydrogens is 186 g/mol. The van der Waals surface area contributed by atoms with Crippen molar-refractivity contribution < 1.29 is 4.79 Å². The van der Waals surface area contributed by atoms with Crippen LogP contribution in [0.3, 0.4) is 0 Å². The number of carbonyl (C=O) groups is 1. The first-order valence-corrected chi connectivity index (χ1v) is 6.31. The van der Waals surface area contributed by atoms with Crippen molar-refractivity contribution in [1.82, 2.24) is 4.90 Å². The van der Waals surface area contributed by atoms with Gasteiger partial charge in [-0.15, -0.1) is 0 Å². The Morgan fingerprint density at radius 1 is 1.33 bits per heavy atom. The molecule has 1 atom stereocenters. The van der Waals surface area contributed by atoms with Crippen molar-refractivity contribution in [3.8, 4) is 0 Å². The van der Waals surface area contributed by atoms with Crippen LogP contribution >= 0.6 is 0 Å². The van der Waals surface area contributed by atoms with Crippen LogP contribution in [0.2, 0.25) is 0 Å². The minimum Gasteiger partial charge on any atom is -0.372 e. The fraction of sp³-hybridized carbons (Fsp3) is 0.769. The van der Waals surface area contributed by atoms with E-state index in [1.807, 2.05) is 6.08 Å². The molecule has 0 spiro atoms. The molecule has 0 N–H and O–H groups in total. The zero-order valence-electron chi connectivity index (χ0n) is 9.67. The van der Waals surface area contributed by atoms with Gasteiger partial charge in [0.25, 0.3) is 0 Å². The van der Waals surface area contributed by atoms with E-state index in [2.05, 4.69) is 11.8 Å². The molecule has 2 rings (SSSR count). The van der Waals surface area contributed by atoms with Gasteiger partial charge in [0.05, 0.1) is 0 Å². The van der Waals surface area contributed by atoms with Crippen LogP contribution in [0.4, 0.5) is 0 Å². The highest BCUT2D eigenvalue weighted by atomic mass is 16.1. The van der Waals surface area contributed by atoms with Gasteiger partial charge in [0.2, 0.25) is 0 Å². The van der Waals surface area contributed by atoms with Crippen molar-refractivity contribution in [1.29, 1.82) is 0 Å². The molecule has 0 radical (unpaired) electrons. The highest BCUT2D eigenvalue weighted by Crippen LogP contribution is 2.28. The number of likely N-dealkylation sites (tertiary alicyclic amines) is 1. The molecule has 0 aromatic heterocycles. The monoisotopic (exact) mass is 207 g/mol. The molecule has 2 aliphatic rings. The summed E-state index contributed by atoms with van der Waals surface area (Å²) in [5, 5.41) is 0. The quantitative estimate of drug-likeness (QED) is 0.694. The summed E-state index contributed by atoms with van der Waals surface area (Å²) in [6.07, 6.45) is 10.1. The minimum absolute atomic E-state index is 0.323. The summed E-state index contributed by atoms with van der Waals surface area (Å²) >= 11 is 0. The van der Waals surface area contributed by atoms with Crippen LogP contribution in [0, 0.1) is 0 Å². The molecule has 15 heavy (non-hydrogen) atoms. The average Bonchev–Trinajstić information content (AvgIpc) is 2.54. The Bertz CT molecular complexity index is 270. The van der Waals surface area contributed by atoms with Crippen LogP contribution < -0.4 is 0 Å². The minimum atomic E-state index is 0.323. The first kappa shape index (κ1) is 10.7. The Morgan fingerprint density at radius 2 is 2.20 bits per heavy atom. The SMILES string of the molecule is CCC1CCCCCN1C1=CC(=O)CC1. The smallest absolute Gasteiger partial charge is 0.157 e. The van der Waals surface area contributed by atoms with Gasteiger partial charge in [-0.25, -0.2) is 0 Å². The number of hydrogen-bond acceptors (Lipinski definition) is 2. The number of rotatable bonds is 2. The van der Waals surface area contributed by atoms with Gasteiger partial charge < -0.3 is 4.90 Å². The predicted molar refractivity (Wildman–Crippen MR) is 61.6 cm³/mol. The van der Waals surface area contributed by atoms with Gasteiger partial charge in [-0.05, 0) is 25.7 Å². The van der Waals surface area contributed by atoms with Gasteiger partial charge >= 0.3 is 0 Å². The van der Waals surface area contributed by atoms with E-state index in [0.717, 1.165) is 19.4 Å². The van der Waals surface area contributed by atoms with Crippen LogP contribution in [0.25, 0.3) is 0 Å². The summed E-state index contributed by atoms with van der Waals surface area (Å²) in [5.41, 5.74) is 1.31. The van der Waals surface area contributed by atoms with Crippen LogP contribution in [-0.2, 0) is 4.79 Å². The number of ketones is 1. The first-order chi connectivity index (χ1) is 7.31. The zero-order valence-corrected chi connectivity index (χ0v) is 9.67. The van der Waals surface area contributed by atoms with E-state index in [4.69, 9.17) is 0 Å². The summed E-state index contributed by atoms with van der Waals surface area (Å²) in [5.74, 6) is 0.323. The van der Waals surface area contributed by atoms with E-state index in [0.29, 0.717) is 11.8 Å². The van der Waals surface area contributed by atoms with E-state index in [1.165, 1.54) is 37.8 Å². The maximum Gasteiger partial charge on any atom is 0.157 e. The van der Waals surface area contributed by atoms with Gasteiger partial charge in [0, 0.05) is 30.8 Å². The van der Waals surface area contributed by atoms with Gasteiger partial charge in [0.1, 0.15) is 0 Å². The van der Waals surface area contributed by atoms with Crippen molar-refractivity contribution >= 4 is 5.78 Å². The Kier molecular flexibility index (Phi) is 3.45. The fourth-order valence-corrected chi connectivity index (χ4v) is 2.79. The van der Waals surface area contributed by atoms with E-state index in [-0.39, 0.29) is 0 Å². The largest absolute Gasteiger partial charge is 0.372 e. The van der Waals surface area contributed by atoms with Crippen molar-refractivity contribution in [3.63, 3.8) is 0 Å². The Morgan fingerprint density at radius 3 is 2.87 bits per heavy atom. The second-order valence-electron chi connectivity index (χ2n) is 4.71. The number of nitrogens with zero attached hydrogens (tertiary/aromatic N) is 1. The predicted octanol–water partition coefficient (Wildman–Crippen LogP) is 2.89. The molecule has 0 aromatic carbocycles. The maximum atomic E-state index is 11.3. The topological polar surface area (TPSA) is 20.3 Å². The second kappa shape index (κ2) is 4.82. The highest BCUT2D eigenvalue weighted by molar-refractivity contribution is 5.92.